The fourth-order valence-electron chi connectivity index (χ4n) is 4.25. The smallest absolute Gasteiger partial charge is 0.160 e. The van der Waals surface area contributed by atoms with Crippen LogP contribution in [0.4, 0.5) is 17.2 Å². The SMILES string of the molecule is OC[C@@H]1CN(c2ccc(Nc3cc(-c4ccc5cn[nH]c5c4)cn4ccnc34)nc2)CCO1. The molecule has 0 amide bonds. The molecule has 0 aliphatic carbocycles. The first-order valence-corrected chi connectivity index (χ1v) is 10.9. The molecule has 9 nitrogen and oxygen atoms in total. The van der Waals surface area contributed by atoms with Gasteiger partial charge in [-0.15, -0.1) is 0 Å². The van der Waals surface area contributed by atoms with E-state index in [1.807, 2.05) is 35.1 Å². The van der Waals surface area contributed by atoms with Crippen molar-refractivity contribution in [2.75, 3.05) is 36.5 Å². The van der Waals surface area contributed by atoms with Crippen LogP contribution in [0, 0.1) is 0 Å². The van der Waals surface area contributed by atoms with E-state index in [0.29, 0.717) is 13.2 Å². The lowest BCUT2D eigenvalue weighted by Gasteiger charge is -2.33. The Labute approximate surface area is 189 Å². The molecule has 5 aromatic rings. The van der Waals surface area contributed by atoms with Gasteiger partial charge in [0.2, 0.25) is 0 Å². The summed E-state index contributed by atoms with van der Waals surface area (Å²) < 4.78 is 7.55. The highest BCUT2D eigenvalue weighted by atomic mass is 16.5. The molecule has 33 heavy (non-hydrogen) atoms. The monoisotopic (exact) mass is 441 g/mol. The molecule has 0 bridgehead atoms. The number of nitrogens with one attached hydrogen (secondary N) is 2. The molecule has 9 heteroatoms. The van der Waals surface area contributed by atoms with Crippen molar-refractivity contribution in [3.63, 3.8) is 0 Å². The third-order valence-corrected chi connectivity index (χ3v) is 5.98. The molecule has 1 fully saturated rings. The van der Waals surface area contributed by atoms with Gasteiger partial charge in [-0.05, 0) is 29.8 Å². The third-order valence-electron chi connectivity index (χ3n) is 5.98. The fraction of sp³-hybridized carbons (Fsp3) is 0.208. The van der Waals surface area contributed by atoms with Gasteiger partial charge in [-0.25, -0.2) is 9.97 Å². The summed E-state index contributed by atoms with van der Waals surface area (Å²) in [7, 11) is 0. The highest BCUT2D eigenvalue weighted by molar-refractivity contribution is 5.86. The number of aliphatic hydroxyl groups is 1. The second-order valence-corrected chi connectivity index (χ2v) is 8.12. The molecule has 4 aromatic heterocycles. The zero-order chi connectivity index (χ0) is 22.2. The van der Waals surface area contributed by atoms with Crippen LogP contribution in [0.5, 0.6) is 0 Å². The Hall–Kier alpha value is -3.95. The Morgan fingerprint density at radius 2 is 2.09 bits per heavy atom. The van der Waals surface area contributed by atoms with Crippen LogP contribution in [-0.2, 0) is 4.74 Å². The first-order valence-electron chi connectivity index (χ1n) is 10.9. The van der Waals surface area contributed by atoms with Crippen molar-refractivity contribution in [3.8, 4) is 11.1 Å². The zero-order valence-electron chi connectivity index (χ0n) is 17.8. The Morgan fingerprint density at radius 3 is 2.97 bits per heavy atom. The molecule has 5 heterocycles. The van der Waals surface area contributed by atoms with Gasteiger partial charge in [-0.3, -0.25) is 5.10 Å². The number of rotatable bonds is 5. The minimum absolute atomic E-state index is 0.0214. The molecular weight excluding hydrogens is 418 g/mol. The van der Waals surface area contributed by atoms with E-state index < -0.39 is 0 Å². The van der Waals surface area contributed by atoms with E-state index in [0.717, 1.165) is 51.4 Å². The largest absolute Gasteiger partial charge is 0.394 e. The van der Waals surface area contributed by atoms with Crippen molar-refractivity contribution >= 4 is 33.7 Å². The Balaban J connectivity index is 1.30. The van der Waals surface area contributed by atoms with Gasteiger partial charge in [0.1, 0.15) is 5.82 Å². The molecule has 3 N–H and O–H groups in total. The van der Waals surface area contributed by atoms with E-state index in [4.69, 9.17) is 4.74 Å². The number of ether oxygens (including phenoxy) is 1. The molecular formula is C24H23N7O2. The minimum Gasteiger partial charge on any atom is -0.394 e. The van der Waals surface area contributed by atoms with Crippen molar-refractivity contribution in [2.24, 2.45) is 0 Å². The number of aliphatic hydroxyl groups excluding tert-OH is 1. The number of pyridine rings is 2. The number of fused-ring (bicyclic) bond motifs is 2. The lowest BCUT2D eigenvalue weighted by molar-refractivity contribution is 0.00355. The molecule has 1 aliphatic heterocycles. The molecule has 0 unspecified atom stereocenters. The lowest BCUT2D eigenvalue weighted by Crippen LogP contribution is -2.44. The number of hydrogen-bond donors (Lipinski definition) is 3. The number of imidazole rings is 1. The molecule has 1 aromatic carbocycles. The third kappa shape index (κ3) is 3.77. The van der Waals surface area contributed by atoms with Crippen molar-refractivity contribution in [1.29, 1.82) is 0 Å². The van der Waals surface area contributed by atoms with Gasteiger partial charge in [0, 0.05) is 42.6 Å². The predicted molar refractivity (Wildman–Crippen MR) is 127 cm³/mol. The summed E-state index contributed by atoms with van der Waals surface area (Å²) in [5, 5.41) is 21.0. The summed E-state index contributed by atoms with van der Waals surface area (Å²) in [5.74, 6) is 0.733. The summed E-state index contributed by atoms with van der Waals surface area (Å²) in [6, 6.07) is 12.3. The van der Waals surface area contributed by atoms with Gasteiger partial charge in [-0.2, -0.15) is 5.10 Å². The predicted octanol–water partition coefficient (Wildman–Crippen LogP) is 3.21. The van der Waals surface area contributed by atoms with E-state index in [9.17, 15) is 5.11 Å². The Morgan fingerprint density at radius 1 is 1.12 bits per heavy atom. The fourth-order valence-corrected chi connectivity index (χ4v) is 4.25. The van der Waals surface area contributed by atoms with Gasteiger partial charge in [-0.1, -0.05) is 12.1 Å². The summed E-state index contributed by atoms with van der Waals surface area (Å²) in [4.78, 5) is 11.3. The number of morpholine rings is 1. The first kappa shape index (κ1) is 19.7. The summed E-state index contributed by atoms with van der Waals surface area (Å²) in [6.07, 6.45) is 9.30. The standard InChI is InChI=1S/C24H23N7O2/c32-15-20-14-30(7-8-33-20)19-3-4-23(26-12-19)28-22-10-18(13-31-6-5-25-24(22)31)16-1-2-17-11-27-29-21(17)9-16/h1-6,9-13,20,32H,7-8,14-15H2,(H,26,28)(H,27,29)/t20-/m0/s1. The Kier molecular flexibility index (Phi) is 4.89. The van der Waals surface area contributed by atoms with Gasteiger partial charge >= 0.3 is 0 Å². The van der Waals surface area contributed by atoms with Gasteiger partial charge in [0.05, 0.1) is 48.6 Å². The molecule has 0 saturated carbocycles. The number of benzene rings is 1. The highest BCUT2D eigenvalue weighted by Gasteiger charge is 2.20. The van der Waals surface area contributed by atoms with Crippen LogP contribution in [0.15, 0.2) is 67.4 Å². The van der Waals surface area contributed by atoms with Crippen LogP contribution in [-0.4, -0.2) is 62.1 Å². The average Bonchev–Trinajstić information content (AvgIpc) is 3.53. The van der Waals surface area contributed by atoms with Crippen LogP contribution in [0.3, 0.4) is 0 Å². The average molecular weight is 441 g/mol. The number of H-pyrrole nitrogens is 1. The van der Waals surface area contributed by atoms with E-state index in [2.05, 4.69) is 60.8 Å². The van der Waals surface area contributed by atoms with E-state index >= 15 is 0 Å². The topological polar surface area (TPSA) is 104 Å². The molecule has 6 rings (SSSR count). The van der Waals surface area contributed by atoms with E-state index in [1.165, 1.54) is 0 Å². The van der Waals surface area contributed by atoms with E-state index in [-0.39, 0.29) is 12.7 Å². The molecule has 1 saturated heterocycles. The van der Waals surface area contributed by atoms with Gasteiger partial charge in [0.15, 0.2) is 5.65 Å². The maximum atomic E-state index is 9.39. The number of aromatic nitrogens is 5. The first-order chi connectivity index (χ1) is 16.3. The van der Waals surface area contributed by atoms with Gasteiger partial charge in [0.25, 0.3) is 0 Å². The lowest BCUT2D eigenvalue weighted by atomic mass is 10.1. The summed E-state index contributed by atoms with van der Waals surface area (Å²) in [5.41, 5.74) is 5.84. The normalized spacial score (nSPS) is 16.5. The minimum atomic E-state index is -0.158. The summed E-state index contributed by atoms with van der Waals surface area (Å²) in [6.45, 7) is 2.05. The number of aromatic amines is 1. The number of nitrogens with zero attached hydrogens (tertiary/aromatic N) is 5. The van der Waals surface area contributed by atoms with Crippen LogP contribution >= 0.6 is 0 Å². The molecule has 0 radical (unpaired) electrons. The van der Waals surface area contributed by atoms with Crippen molar-refractivity contribution < 1.29 is 9.84 Å². The second kappa shape index (κ2) is 8.19. The van der Waals surface area contributed by atoms with Crippen molar-refractivity contribution in [2.45, 2.75) is 6.10 Å². The van der Waals surface area contributed by atoms with Crippen LogP contribution in [0.1, 0.15) is 0 Å². The number of anilines is 3. The van der Waals surface area contributed by atoms with Crippen molar-refractivity contribution in [3.05, 3.63) is 67.4 Å². The maximum absolute atomic E-state index is 9.39. The van der Waals surface area contributed by atoms with Crippen LogP contribution in [0.25, 0.3) is 27.7 Å². The van der Waals surface area contributed by atoms with Crippen LogP contribution < -0.4 is 10.2 Å². The molecule has 1 atom stereocenters. The summed E-state index contributed by atoms with van der Waals surface area (Å²) >= 11 is 0. The molecule has 0 spiro atoms. The molecule has 166 valence electrons. The van der Waals surface area contributed by atoms with Gasteiger partial charge < -0.3 is 24.5 Å². The maximum Gasteiger partial charge on any atom is 0.160 e. The zero-order valence-corrected chi connectivity index (χ0v) is 17.8. The Bertz CT molecular complexity index is 1410. The second-order valence-electron chi connectivity index (χ2n) is 8.12. The highest BCUT2D eigenvalue weighted by Crippen LogP contribution is 2.29. The number of hydrogen-bond acceptors (Lipinski definition) is 7. The van der Waals surface area contributed by atoms with Crippen molar-refractivity contribution in [1.82, 2.24) is 24.6 Å². The molecule has 1 aliphatic rings. The van der Waals surface area contributed by atoms with E-state index in [1.54, 1.807) is 6.20 Å². The quantitative estimate of drug-likeness (QED) is 0.385. The van der Waals surface area contributed by atoms with Crippen LogP contribution in [0.2, 0.25) is 0 Å².